The second-order valence-electron chi connectivity index (χ2n) is 8.30. The molecule has 0 atom stereocenters. The van der Waals surface area contributed by atoms with Gasteiger partial charge in [0.05, 0.1) is 34.5 Å². The number of hydrogen-bond donors (Lipinski definition) is 1. The number of fused-ring (bicyclic) bond motifs is 3. The zero-order chi connectivity index (χ0) is 24.7. The minimum atomic E-state index is -0.717. The Morgan fingerprint density at radius 3 is 1.91 bits per heavy atom. The normalized spacial score (nSPS) is 14.0. The maximum Gasteiger partial charge on any atom is 0.340 e. The summed E-state index contributed by atoms with van der Waals surface area (Å²) in [6, 6.07) is 15.9. The number of hydrogen-bond acceptors (Lipinski definition) is 7. The molecule has 174 valence electrons. The quantitative estimate of drug-likeness (QED) is 0.199. The first-order valence-electron chi connectivity index (χ1n) is 11.1. The van der Waals surface area contributed by atoms with E-state index in [-0.39, 0.29) is 58.7 Å². The van der Waals surface area contributed by atoms with Crippen LogP contribution in [0, 0.1) is 0 Å². The predicted octanol–water partition coefficient (Wildman–Crippen LogP) is 3.28. The molecule has 8 heteroatoms. The number of esters is 1. The van der Waals surface area contributed by atoms with Crippen molar-refractivity contribution >= 4 is 35.0 Å². The zero-order valence-electron chi connectivity index (χ0n) is 18.6. The lowest BCUT2D eigenvalue weighted by molar-refractivity contribution is 0.0486. The molecular weight excluding hydrogens is 448 g/mol. The lowest BCUT2D eigenvalue weighted by atomic mass is 9.82. The molecule has 0 saturated carbocycles. The van der Waals surface area contributed by atoms with Crippen molar-refractivity contribution in [2.45, 2.75) is 12.8 Å². The van der Waals surface area contributed by atoms with Crippen LogP contribution >= 0.6 is 0 Å². The van der Waals surface area contributed by atoms with E-state index in [0.29, 0.717) is 29.5 Å². The van der Waals surface area contributed by atoms with Crippen molar-refractivity contribution in [1.29, 1.82) is 0 Å². The van der Waals surface area contributed by atoms with Gasteiger partial charge in [-0.2, -0.15) is 0 Å². The Morgan fingerprint density at radius 2 is 1.29 bits per heavy atom. The molecule has 2 aliphatic rings. The standard InChI is InChI=1S/C27H20N2O6/c28-22-20(12-11-19-21(22)24(31)16-8-2-1-7-15(16)23(19)30)27(34)35-14-6-5-13-29-25(32)17-9-3-4-10-18(17)26(29)33/h1-4,7-12H,5-6,13-14,28H2. The van der Waals surface area contributed by atoms with Gasteiger partial charge in [0.2, 0.25) is 0 Å². The fraction of sp³-hybridized carbons (Fsp3) is 0.148. The van der Waals surface area contributed by atoms with Gasteiger partial charge in [0.15, 0.2) is 11.6 Å². The van der Waals surface area contributed by atoms with Gasteiger partial charge in [0.1, 0.15) is 0 Å². The number of anilines is 1. The van der Waals surface area contributed by atoms with Gasteiger partial charge in [-0.15, -0.1) is 0 Å². The number of nitrogens with two attached hydrogens (primary N) is 1. The molecule has 3 aromatic rings. The van der Waals surface area contributed by atoms with Crippen LogP contribution in [0.3, 0.4) is 0 Å². The Hall–Kier alpha value is -4.59. The summed E-state index contributed by atoms with van der Waals surface area (Å²) in [5.74, 6) is -2.11. The van der Waals surface area contributed by atoms with E-state index in [4.69, 9.17) is 10.5 Å². The summed E-state index contributed by atoms with van der Waals surface area (Å²) >= 11 is 0. The van der Waals surface area contributed by atoms with Crippen molar-refractivity contribution in [3.8, 4) is 0 Å². The lowest BCUT2D eigenvalue weighted by Crippen LogP contribution is -2.30. The van der Waals surface area contributed by atoms with Crippen LogP contribution in [0.15, 0.2) is 60.7 Å². The number of amides is 2. The van der Waals surface area contributed by atoms with Crippen LogP contribution in [0.5, 0.6) is 0 Å². The number of imide groups is 1. The molecule has 2 N–H and O–H groups in total. The van der Waals surface area contributed by atoms with E-state index in [9.17, 15) is 24.0 Å². The highest BCUT2D eigenvalue weighted by Gasteiger charge is 2.35. The van der Waals surface area contributed by atoms with Crippen LogP contribution in [-0.2, 0) is 4.74 Å². The largest absolute Gasteiger partial charge is 0.462 e. The highest BCUT2D eigenvalue weighted by atomic mass is 16.5. The number of nitrogens with zero attached hydrogens (tertiary/aromatic N) is 1. The number of carbonyl (C=O) groups excluding carboxylic acids is 5. The van der Waals surface area contributed by atoms with Gasteiger partial charge in [-0.1, -0.05) is 36.4 Å². The van der Waals surface area contributed by atoms with Crippen molar-refractivity contribution in [3.05, 3.63) is 99.6 Å². The minimum Gasteiger partial charge on any atom is -0.462 e. The summed E-state index contributed by atoms with van der Waals surface area (Å²) in [7, 11) is 0. The SMILES string of the molecule is Nc1c(C(=O)OCCCCN2C(=O)c3ccccc3C2=O)ccc2c1C(=O)c1ccccc1C2=O. The van der Waals surface area contributed by atoms with Crippen LogP contribution in [-0.4, -0.2) is 47.4 Å². The number of benzene rings is 3. The van der Waals surface area contributed by atoms with Crippen LogP contribution < -0.4 is 5.73 Å². The second-order valence-corrected chi connectivity index (χ2v) is 8.30. The molecule has 2 amide bonds. The monoisotopic (exact) mass is 468 g/mol. The molecule has 35 heavy (non-hydrogen) atoms. The average molecular weight is 468 g/mol. The highest BCUT2D eigenvalue weighted by Crippen LogP contribution is 2.33. The zero-order valence-corrected chi connectivity index (χ0v) is 18.6. The van der Waals surface area contributed by atoms with Gasteiger partial charge in [-0.05, 0) is 37.1 Å². The predicted molar refractivity (Wildman–Crippen MR) is 125 cm³/mol. The van der Waals surface area contributed by atoms with E-state index in [2.05, 4.69) is 0 Å². The maximum atomic E-state index is 13.0. The number of rotatable bonds is 6. The van der Waals surface area contributed by atoms with Crippen molar-refractivity contribution in [2.24, 2.45) is 0 Å². The Labute approximate surface area is 200 Å². The molecule has 1 aliphatic carbocycles. The number of ether oxygens (including phenoxy) is 1. The summed E-state index contributed by atoms with van der Waals surface area (Å²) < 4.78 is 5.31. The van der Waals surface area contributed by atoms with E-state index in [0.717, 1.165) is 0 Å². The number of ketones is 2. The highest BCUT2D eigenvalue weighted by molar-refractivity contribution is 6.30. The van der Waals surface area contributed by atoms with Crippen LogP contribution in [0.4, 0.5) is 5.69 Å². The van der Waals surface area contributed by atoms with Crippen molar-refractivity contribution < 1.29 is 28.7 Å². The topological polar surface area (TPSA) is 124 Å². The molecule has 0 bridgehead atoms. The van der Waals surface area contributed by atoms with Gasteiger partial charge in [0, 0.05) is 23.2 Å². The first-order valence-corrected chi connectivity index (χ1v) is 11.1. The second kappa shape index (κ2) is 8.64. The summed E-state index contributed by atoms with van der Waals surface area (Å²) in [5, 5.41) is 0. The van der Waals surface area contributed by atoms with E-state index in [1.165, 1.54) is 17.0 Å². The van der Waals surface area contributed by atoms with E-state index >= 15 is 0 Å². The number of carbonyl (C=O) groups is 5. The fourth-order valence-corrected chi connectivity index (χ4v) is 4.45. The van der Waals surface area contributed by atoms with Gasteiger partial charge >= 0.3 is 5.97 Å². The third kappa shape index (κ3) is 3.59. The fourth-order valence-electron chi connectivity index (χ4n) is 4.45. The molecule has 5 rings (SSSR count). The van der Waals surface area contributed by atoms with Crippen molar-refractivity contribution in [2.75, 3.05) is 18.9 Å². The molecule has 0 aromatic heterocycles. The van der Waals surface area contributed by atoms with Gasteiger partial charge < -0.3 is 10.5 Å². The van der Waals surface area contributed by atoms with Gasteiger partial charge in [-0.3, -0.25) is 24.1 Å². The number of unbranched alkanes of at least 4 members (excludes halogenated alkanes) is 1. The number of nitrogen functional groups attached to an aromatic ring is 1. The minimum absolute atomic E-state index is 0.00429. The summed E-state index contributed by atoms with van der Waals surface area (Å²) in [6.07, 6.45) is 0.858. The van der Waals surface area contributed by atoms with E-state index in [1.54, 1.807) is 48.5 Å². The summed E-state index contributed by atoms with van der Waals surface area (Å²) in [5.41, 5.74) is 7.55. The molecule has 0 unspecified atom stereocenters. The van der Waals surface area contributed by atoms with Crippen LogP contribution in [0.2, 0.25) is 0 Å². The molecule has 8 nitrogen and oxygen atoms in total. The molecule has 0 spiro atoms. The molecule has 0 fully saturated rings. The van der Waals surface area contributed by atoms with Crippen LogP contribution in [0.1, 0.15) is 75.8 Å². The summed E-state index contributed by atoms with van der Waals surface area (Å²) in [6.45, 7) is 0.245. The Balaban J connectivity index is 1.21. The smallest absolute Gasteiger partial charge is 0.340 e. The molecular formula is C27H20N2O6. The van der Waals surface area contributed by atoms with Crippen molar-refractivity contribution in [1.82, 2.24) is 4.90 Å². The molecule has 3 aromatic carbocycles. The lowest BCUT2D eigenvalue weighted by Gasteiger charge is -2.20. The Morgan fingerprint density at radius 1 is 0.714 bits per heavy atom. The van der Waals surface area contributed by atoms with Gasteiger partial charge in [-0.25, -0.2) is 4.79 Å². The van der Waals surface area contributed by atoms with E-state index in [1.807, 2.05) is 0 Å². The first kappa shape index (κ1) is 22.2. The Kier molecular flexibility index (Phi) is 5.49. The van der Waals surface area contributed by atoms with Gasteiger partial charge in [0.25, 0.3) is 11.8 Å². The van der Waals surface area contributed by atoms with Crippen LogP contribution in [0.25, 0.3) is 0 Å². The average Bonchev–Trinajstić information content (AvgIpc) is 3.11. The molecule has 1 aliphatic heterocycles. The molecule has 0 radical (unpaired) electrons. The Bertz CT molecular complexity index is 1410. The molecule has 0 saturated heterocycles. The van der Waals surface area contributed by atoms with E-state index < -0.39 is 11.8 Å². The third-order valence-corrected chi connectivity index (χ3v) is 6.24. The summed E-state index contributed by atoms with van der Waals surface area (Å²) in [4.78, 5) is 64.4. The van der Waals surface area contributed by atoms with Crippen molar-refractivity contribution in [3.63, 3.8) is 0 Å². The molecule has 1 heterocycles. The maximum absolute atomic E-state index is 13.0. The third-order valence-electron chi connectivity index (χ3n) is 6.24. The first-order chi connectivity index (χ1) is 16.9.